The molecule has 0 aromatic carbocycles. The quantitative estimate of drug-likeness (QED) is 0.498. The predicted molar refractivity (Wildman–Crippen MR) is 75.5 cm³/mol. The van der Waals surface area contributed by atoms with Crippen LogP contribution in [0.3, 0.4) is 0 Å². The van der Waals surface area contributed by atoms with Crippen LogP contribution in [0.4, 0.5) is 0 Å². The maximum Gasteiger partial charge on any atom is -0.0203 e. The lowest BCUT2D eigenvalue weighted by atomic mass is 9.74. The van der Waals surface area contributed by atoms with Crippen LogP contribution in [-0.2, 0) is 0 Å². The summed E-state index contributed by atoms with van der Waals surface area (Å²) in [6.45, 7) is 20.7. The molecule has 0 saturated heterocycles. The van der Waals surface area contributed by atoms with E-state index in [2.05, 4.69) is 55.0 Å². The first-order valence-electron chi connectivity index (χ1n) is 7.05. The normalized spacial score (nSPS) is 20.9. The van der Waals surface area contributed by atoms with E-state index in [9.17, 15) is 0 Å². The Morgan fingerprint density at radius 2 is 1.25 bits per heavy atom. The van der Waals surface area contributed by atoms with Gasteiger partial charge in [-0.25, -0.2) is 0 Å². The Kier molecular flexibility index (Phi) is 7.03. The van der Waals surface area contributed by atoms with Gasteiger partial charge in [-0.15, -0.1) is 0 Å². The minimum Gasteiger partial charge on any atom is -0.0993 e. The van der Waals surface area contributed by atoms with Gasteiger partial charge < -0.3 is 0 Å². The second kappa shape index (κ2) is 7.14. The molecule has 96 valence electrons. The van der Waals surface area contributed by atoms with Crippen molar-refractivity contribution in [1.29, 1.82) is 0 Å². The van der Waals surface area contributed by atoms with Crippen molar-refractivity contribution in [3.63, 3.8) is 0 Å². The van der Waals surface area contributed by atoms with Crippen molar-refractivity contribution < 1.29 is 0 Å². The summed E-state index contributed by atoms with van der Waals surface area (Å²) in [6.07, 6.45) is 2.53. The van der Waals surface area contributed by atoms with E-state index in [1.807, 2.05) is 0 Å². The summed E-state index contributed by atoms with van der Waals surface area (Å²) in [7, 11) is 0. The van der Waals surface area contributed by atoms with E-state index in [0.29, 0.717) is 11.8 Å². The van der Waals surface area contributed by atoms with E-state index in [1.165, 1.54) is 18.4 Å². The highest BCUT2D eigenvalue weighted by molar-refractivity contribution is 5.06. The average Bonchev–Trinajstić information content (AvgIpc) is 2.32. The van der Waals surface area contributed by atoms with E-state index in [4.69, 9.17) is 0 Å². The minimum absolute atomic E-state index is 0.652. The van der Waals surface area contributed by atoms with E-state index in [0.717, 1.165) is 17.8 Å². The third kappa shape index (κ3) is 3.96. The molecule has 0 rings (SSSR count). The van der Waals surface area contributed by atoms with E-state index < -0.39 is 0 Å². The maximum atomic E-state index is 4.36. The van der Waals surface area contributed by atoms with Gasteiger partial charge in [0.25, 0.3) is 0 Å². The summed E-state index contributed by atoms with van der Waals surface area (Å²) in [4.78, 5) is 0. The molecule has 5 atom stereocenters. The molecule has 0 heterocycles. The van der Waals surface area contributed by atoms with Crippen LogP contribution in [0, 0.1) is 29.6 Å². The molecule has 0 saturated carbocycles. The van der Waals surface area contributed by atoms with Gasteiger partial charge in [0.2, 0.25) is 0 Å². The highest BCUT2D eigenvalue weighted by Gasteiger charge is 2.24. The maximum absolute atomic E-state index is 4.36. The lowest BCUT2D eigenvalue weighted by molar-refractivity contribution is 0.274. The van der Waals surface area contributed by atoms with Gasteiger partial charge in [-0.05, 0) is 29.6 Å². The van der Waals surface area contributed by atoms with E-state index in [-0.39, 0.29) is 0 Å². The Bertz CT molecular complexity index is 204. The van der Waals surface area contributed by atoms with Crippen molar-refractivity contribution in [1.82, 2.24) is 0 Å². The first kappa shape index (κ1) is 15.7. The van der Waals surface area contributed by atoms with Gasteiger partial charge in [0.1, 0.15) is 0 Å². The standard InChI is InChI=1S/C16H32/c1-9-11(3)13(5)15(7)16(8)14(6)12(4)10-2/h11-14,16H,7,9-10H2,1-6,8H3. The molecule has 0 aliphatic carbocycles. The molecule has 0 nitrogen and oxygen atoms in total. The van der Waals surface area contributed by atoms with Crippen LogP contribution in [0.1, 0.15) is 61.3 Å². The van der Waals surface area contributed by atoms with Gasteiger partial charge >= 0.3 is 0 Å². The summed E-state index contributed by atoms with van der Waals surface area (Å²) in [5.74, 6) is 3.63. The Morgan fingerprint density at radius 3 is 1.62 bits per heavy atom. The smallest absolute Gasteiger partial charge is 0.0203 e. The second-order valence-electron chi connectivity index (χ2n) is 5.78. The summed E-state index contributed by atoms with van der Waals surface area (Å²) >= 11 is 0. The SMILES string of the molecule is C=C(C(C)C(C)CC)C(C)C(C)C(C)CC. The Labute approximate surface area is 104 Å². The molecule has 0 radical (unpaired) electrons. The van der Waals surface area contributed by atoms with Crippen molar-refractivity contribution in [2.75, 3.05) is 0 Å². The topological polar surface area (TPSA) is 0 Å². The first-order valence-corrected chi connectivity index (χ1v) is 7.05. The predicted octanol–water partition coefficient (Wildman–Crippen LogP) is 5.54. The largest absolute Gasteiger partial charge is 0.0993 e. The highest BCUT2D eigenvalue weighted by atomic mass is 14.3. The van der Waals surface area contributed by atoms with Gasteiger partial charge in [0, 0.05) is 0 Å². The Balaban J connectivity index is 4.48. The molecule has 5 unspecified atom stereocenters. The molecule has 0 bridgehead atoms. The average molecular weight is 224 g/mol. The molecule has 16 heavy (non-hydrogen) atoms. The molecule has 0 heteroatoms. The van der Waals surface area contributed by atoms with Gasteiger partial charge in [-0.3, -0.25) is 0 Å². The van der Waals surface area contributed by atoms with E-state index in [1.54, 1.807) is 0 Å². The minimum atomic E-state index is 0.652. The van der Waals surface area contributed by atoms with Crippen LogP contribution in [0.2, 0.25) is 0 Å². The summed E-state index contributed by atoms with van der Waals surface area (Å²) in [5.41, 5.74) is 1.46. The molecule has 0 spiro atoms. The van der Waals surface area contributed by atoms with Crippen molar-refractivity contribution in [2.45, 2.75) is 61.3 Å². The molecular formula is C16H32. The molecule has 0 aromatic rings. The fourth-order valence-electron chi connectivity index (χ4n) is 2.34. The van der Waals surface area contributed by atoms with Gasteiger partial charge in [0.15, 0.2) is 0 Å². The molecule has 0 aromatic heterocycles. The van der Waals surface area contributed by atoms with Crippen molar-refractivity contribution in [2.24, 2.45) is 29.6 Å². The fraction of sp³-hybridized carbons (Fsp3) is 0.875. The van der Waals surface area contributed by atoms with Crippen LogP contribution in [0.15, 0.2) is 12.2 Å². The molecule has 0 fully saturated rings. The molecular weight excluding hydrogens is 192 g/mol. The van der Waals surface area contributed by atoms with Gasteiger partial charge in [-0.2, -0.15) is 0 Å². The van der Waals surface area contributed by atoms with Crippen molar-refractivity contribution in [3.05, 3.63) is 12.2 Å². The number of hydrogen-bond acceptors (Lipinski definition) is 0. The molecule has 0 N–H and O–H groups in total. The van der Waals surface area contributed by atoms with Gasteiger partial charge in [-0.1, -0.05) is 73.5 Å². The highest BCUT2D eigenvalue weighted by Crippen LogP contribution is 2.34. The summed E-state index contributed by atoms with van der Waals surface area (Å²) < 4.78 is 0. The molecule has 0 amide bonds. The number of rotatable bonds is 7. The molecule has 0 aliphatic heterocycles. The molecule has 0 aliphatic rings. The second-order valence-corrected chi connectivity index (χ2v) is 5.78. The van der Waals surface area contributed by atoms with Gasteiger partial charge in [0.05, 0.1) is 0 Å². The number of allylic oxidation sites excluding steroid dienone is 1. The lowest BCUT2D eigenvalue weighted by Gasteiger charge is -2.32. The van der Waals surface area contributed by atoms with Crippen molar-refractivity contribution in [3.8, 4) is 0 Å². The zero-order valence-electron chi connectivity index (χ0n) is 12.5. The van der Waals surface area contributed by atoms with Crippen LogP contribution < -0.4 is 0 Å². The third-order valence-electron chi connectivity index (χ3n) is 5.00. The monoisotopic (exact) mass is 224 g/mol. The zero-order valence-corrected chi connectivity index (χ0v) is 12.5. The van der Waals surface area contributed by atoms with Crippen LogP contribution in [-0.4, -0.2) is 0 Å². The summed E-state index contributed by atoms with van der Waals surface area (Å²) in [6, 6.07) is 0. The van der Waals surface area contributed by atoms with Crippen LogP contribution in [0.25, 0.3) is 0 Å². The Hall–Kier alpha value is -0.260. The fourth-order valence-corrected chi connectivity index (χ4v) is 2.34. The summed E-state index contributed by atoms with van der Waals surface area (Å²) in [5, 5.41) is 0. The third-order valence-corrected chi connectivity index (χ3v) is 5.00. The zero-order chi connectivity index (χ0) is 12.9. The van der Waals surface area contributed by atoms with Crippen molar-refractivity contribution >= 4 is 0 Å². The first-order chi connectivity index (χ1) is 7.36. The van der Waals surface area contributed by atoms with E-state index >= 15 is 0 Å². The number of hydrogen-bond donors (Lipinski definition) is 0. The Morgan fingerprint density at radius 1 is 0.812 bits per heavy atom. The van der Waals surface area contributed by atoms with Crippen LogP contribution in [0.5, 0.6) is 0 Å². The lowest BCUT2D eigenvalue weighted by Crippen LogP contribution is -2.22. The van der Waals surface area contributed by atoms with Crippen LogP contribution >= 0.6 is 0 Å².